The van der Waals surface area contributed by atoms with Gasteiger partial charge in [-0.3, -0.25) is 0 Å². The van der Waals surface area contributed by atoms with E-state index in [9.17, 15) is 0 Å². The minimum atomic E-state index is -2.97. The van der Waals surface area contributed by atoms with Crippen molar-refractivity contribution in [1.29, 1.82) is 0 Å². The van der Waals surface area contributed by atoms with Crippen LogP contribution in [0.4, 0.5) is 0 Å². The quantitative estimate of drug-likeness (QED) is 0.105. The van der Waals surface area contributed by atoms with E-state index in [0.717, 1.165) is 0 Å². The number of hydrogen-bond acceptors (Lipinski definition) is 0. The van der Waals surface area contributed by atoms with Gasteiger partial charge in [0.25, 0.3) is 0 Å². The fourth-order valence-corrected chi connectivity index (χ4v) is 26.5. The molecule has 0 saturated carbocycles. The van der Waals surface area contributed by atoms with E-state index in [1.165, 1.54) is 151 Å². The lowest BCUT2D eigenvalue weighted by Gasteiger charge is -2.33. The van der Waals surface area contributed by atoms with Crippen LogP contribution in [0.5, 0.6) is 0 Å². The minimum absolute atomic E-state index is 1.22. The minimum Gasteiger partial charge on any atom is -0.0623 e. The number of hydrogen-bond donors (Lipinski definition) is 0. The molecule has 2 heterocycles. The maximum Gasteiger partial charge on any atom is 0.181 e. The van der Waals surface area contributed by atoms with Crippen molar-refractivity contribution in [1.82, 2.24) is 0 Å². The fourth-order valence-electron chi connectivity index (χ4n) is 15.7. The van der Waals surface area contributed by atoms with Crippen LogP contribution in [-0.2, 0) is 0 Å². The summed E-state index contributed by atoms with van der Waals surface area (Å²) >= 11 is 0. The van der Waals surface area contributed by atoms with Crippen molar-refractivity contribution in [2.45, 2.75) is 0 Å². The Morgan fingerprint density at radius 2 is 0.417 bits per heavy atom. The largest absolute Gasteiger partial charge is 0.181 e. The van der Waals surface area contributed by atoms with Crippen molar-refractivity contribution in [2.24, 2.45) is 0 Å². The molecule has 0 saturated heterocycles. The molecule has 2 heteroatoms. The van der Waals surface area contributed by atoms with Gasteiger partial charge in [-0.1, -0.05) is 322 Å². The van der Waals surface area contributed by atoms with Gasteiger partial charge in [-0.15, -0.1) is 0 Å². The van der Waals surface area contributed by atoms with Gasteiger partial charge >= 0.3 is 0 Å². The first-order valence-corrected chi connectivity index (χ1v) is 33.4. The van der Waals surface area contributed by atoms with Crippen molar-refractivity contribution < 1.29 is 0 Å². The molecule has 0 fully saturated rings. The number of benzene rings is 15. The Bertz CT molecular complexity index is 4730. The first kappa shape index (κ1) is 48.5. The summed E-state index contributed by atoms with van der Waals surface area (Å²) in [5, 5.41) is 21.3. The fraction of sp³-hybridized carbons (Fsp3) is 0. The molecule has 2 aliphatic heterocycles. The number of fused-ring (bicyclic) bond motifs is 10. The van der Waals surface area contributed by atoms with Crippen LogP contribution in [0.3, 0.4) is 0 Å². The normalized spacial score (nSPS) is 13.4. The van der Waals surface area contributed by atoms with Gasteiger partial charge in [0.1, 0.15) is 0 Å². The molecule has 0 radical (unpaired) electrons. The van der Waals surface area contributed by atoms with Crippen LogP contribution in [0.2, 0.25) is 0 Å². The highest BCUT2D eigenvalue weighted by Crippen LogP contribution is 2.50. The van der Waals surface area contributed by atoms with Crippen LogP contribution in [0.15, 0.2) is 328 Å². The lowest BCUT2D eigenvalue weighted by Crippen LogP contribution is -2.73. The Balaban J connectivity index is 1.05. The Morgan fingerprint density at radius 3 is 0.798 bits per heavy atom. The predicted molar refractivity (Wildman–Crippen MR) is 363 cm³/mol. The van der Waals surface area contributed by atoms with E-state index in [2.05, 4.69) is 328 Å². The molecular weight excluding hydrogens is 1040 g/mol. The molecule has 0 spiro atoms. The smallest absolute Gasteiger partial charge is 0.0623 e. The first-order valence-electron chi connectivity index (χ1n) is 29.4. The third kappa shape index (κ3) is 6.81. The van der Waals surface area contributed by atoms with Crippen molar-refractivity contribution in [3.8, 4) is 66.8 Å². The van der Waals surface area contributed by atoms with E-state index in [-0.39, 0.29) is 0 Å². The highest BCUT2D eigenvalue weighted by molar-refractivity contribution is 7.23. The second-order valence-electron chi connectivity index (χ2n) is 22.8. The molecule has 0 N–H and O–H groups in total. The van der Waals surface area contributed by atoms with Crippen LogP contribution in [-0.4, -0.2) is 16.1 Å². The molecule has 0 bridgehead atoms. The molecule has 0 aliphatic carbocycles. The average Bonchev–Trinajstić information content (AvgIpc) is 2.90. The molecule has 84 heavy (non-hydrogen) atoms. The molecule has 0 amide bonds. The summed E-state index contributed by atoms with van der Waals surface area (Å²) in [5.74, 6) is 0. The summed E-state index contributed by atoms with van der Waals surface area (Å²) in [6, 6.07) is 125. The van der Waals surface area contributed by atoms with Crippen LogP contribution in [0.1, 0.15) is 0 Å². The second-order valence-corrected chi connectivity index (χ2v) is 30.2. The lowest BCUT2D eigenvalue weighted by molar-refractivity contribution is 1.65. The number of rotatable bonds is 8. The third-order valence-corrected chi connectivity index (χ3v) is 28.7. The third-order valence-electron chi connectivity index (χ3n) is 18.8. The van der Waals surface area contributed by atoms with Crippen LogP contribution in [0, 0.1) is 0 Å². The zero-order valence-corrected chi connectivity index (χ0v) is 48.2. The van der Waals surface area contributed by atoms with Crippen LogP contribution in [0.25, 0.3) is 110 Å². The van der Waals surface area contributed by atoms with E-state index < -0.39 is 16.1 Å². The van der Waals surface area contributed by atoms with Gasteiger partial charge < -0.3 is 0 Å². The first-order chi connectivity index (χ1) is 41.7. The van der Waals surface area contributed by atoms with Gasteiger partial charge in [-0.05, 0) is 157 Å². The van der Waals surface area contributed by atoms with Gasteiger partial charge in [-0.2, -0.15) is 0 Å². The molecule has 17 rings (SSSR count). The Kier molecular flexibility index (Phi) is 11.1. The monoisotopic (exact) mass is 1090 g/mol. The van der Waals surface area contributed by atoms with E-state index in [1.807, 2.05) is 0 Å². The van der Waals surface area contributed by atoms with Gasteiger partial charge in [0.15, 0.2) is 16.1 Å². The van der Waals surface area contributed by atoms with Crippen molar-refractivity contribution in [3.63, 3.8) is 0 Å². The Morgan fingerprint density at radius 1 is 0.167 bits per heavy atom. The van der Waals surface area contributed by atoms with Gasteiger partial charge in [-0.25, -0.2) is 0 Å². The van der Waals surface area contributed by atoms with Gasteiger partial charge in [0.2, 0.25) is 0 Å². The molecule has 2 aliphatic rings. The topological polar surface area (TPSA) is 0 Å². The van der Waals surface area contributed by atoms with E-state index in [0.29, 0.717) is 0 Å². The Labute approximate surface area is 491 Å². The molecular formula is C82H54Si2. The van der Waals surface area contributed by atoms with Gasteiger partial charge in [0.05, 0.1) is 0 Å². The summed E-state index contributed by atoms with van der Waals surface area (Å²) in [7, 11) is -5.93. The van der Waals surface area contributed by atoms with Crippen LogP contribution < -0.4 is 41.5 Å². The maximum atomic E-state index is 2.60. The summed E-state index contributed by atoms with van der Waals surface area (Å²) in [5.41, 5.74) is 15.4. The highest BCUT2D eigenvalue weighted by atomic mass is 28.3. The van der Waals surface area contributed by atoms with Crippen molar-refractivity contribution in [3.05, 3.63) is 328 Å². The molecule has 0 nitrogen and oxygen atoms in total. The van der Waals surface area contributed by atoms with Crippen LogP contribution >= 0.6 is 0 Å². The summed E-state index contributed by atoms with van der Waals surface area (Å²) in [4.78, 5) is 0. The average molecular weight is 1100 g/mol. The van der Waals surface area contributed by atoms with Crippen molar-refractivity contribution in [2.75, 3.05) is 0 Å². The lowest BCUT2D eigenvalue weighted by atomic mass is 9.81. The standard InChI is InChI=1S/C82H54Si2/c1-6-28-55(29-7-1)78-64-40-16-18-42-66(64)79(67-43-19-17-41-65(67)78)80-68-46-24-44-60(70-48-26-50-72-62-38-20-22-52-76(62)83(81(70)72,56-30-8-2-9-31-56)57-32-10-3-11-33-57)74(68)54-75-61(45-25-47-69(75)80)71-49-27-51-73-63-39-21-23-53-77(63)84(82(71)73,58-34-12-4-13-35-58)59-36-14-5-15-37-59/h1-54H. The summed E-state index contributed by atoms with van der Waals surface area (Å²) in [6.07, 6.45) is 0. The molecule has 390 valence electrons. The molecule has 0 aromatic heterocycles. The van der Waals surface area contributed by atoms with E-state index in [4.69, 9.17) is 0 Å². The maximum absolute atomic E-state index is 2.97. The zero-order chi connectivity index (χ0) is 55.3. The van der Waals surface area contributed by atoms with Gasteiger partial charge in [0, 0.05) is 0 Å². The predicted octanol–water partition coefficient (Wildman–Crippen LogP) is 15.7. The summed E-state index contributed by atoms with van der Waals surface area (Å²) in [6.45, 7) is 0. The van der Waals surface area contributed by atoms with E-state index >= 15 is 0 Å². The molecule has 0 atom stereocenters. The second kappa shape index (κ2) is 19.2. The molecule has 15 aromatic rings. The Hall–Kier alpha value is -10.2. The summed E-state index contributed by atoms with van der Waals surface area (Å²) < 4.78 is 0. The zero-order valence-electron chi connectivity index (χ0n) is 46.2. The highest BCUT2D eigenvalue weighted by Gasteiger charge is 2.51. The molecule has 15 aromatic carbocycles. The SMILES string of the molecule is c1ccc(-c2c3ccccc3c(-c3c4cccc(-c5cccc6c5[Si](c5ccccc5)(c5ccccc5)c5ccccc5-6)c4cc4c(-c5cccc6c5[Si](c5ccccc5)(c5ccccc5)c5ccccc5-6)cccc34)c3ccccc23)cc1. The van der Waals surface area contributed by atoms with Crippen molar-refractivity contribution >= 4 is 101 Å². The molecule has 0 unspecified atom stereocenters. The van der Waals surface area contributed by atoms with E-state index in [1.54, 1.807) is 0 Å².